The molecule has 1 nitrogen and oxygen atoms in total. The number of ether oxygens (including phenoxy) is 1. The summed E-state index contributed by atoms with van der Waals surface area (Å²) in [6.07, 6.45) is 3.43. The van der Waals surface area contributed by atoms with Crippen molar-refractivity contribution in [1.82, 2.24) is 0 Å². The first-order chi connectivity index (χ1) is 9.83. The van der Waals surface area contributed by atoms with Crippen molar-refractivity contribution in [2.24, 2.45) is 0 Å². The van der Waals surface area contributed by atoms with Crippen molar-refractivity contribution in [3.05, 3.63) is 60.2 Å². The zero-order valence-corrected chi connectivity index (χ0v) is 12.7. The van der Waals surface area contributed by atoms with E-state index >= 15 is 0 Å². The number of rotatable bonds is 6. The van der Waals surface area contributed by atoms with Crippen molar-refractivity contribution in [2.75, 3.05) is 6.61 Å². The molecule has 0 amide bonds. The first-order valence-corrected chi connectivity index (χ1v) is 7.55. The van der Waals surface area contributed by atoms with Gasteiger partial charge in [-0.15, -0.1) is 0 Å². The third-order valence-electron chi connectivity index (χ3n) is 3.21. The lowest BCUT2D eigenvalue weighted by atomic mass is 10.0. The molecule has 104 valence electrons. The Kier molecular flexibility index (Phi) is 5.75. The predicted octanol–water partition coefficient (Wildman–Crippen LogP) is 5.24. The van der Waals surface area contributed by atoms with E-state index in [1.54, 1.807) is 0 Å². The fourth-order valence-electron chi connectivity index (χ4n) is 2.13. The third kappa shape index (κ3) is 3.91. The van der Waals surface area contributed by atoms with Crippen LogP contribution in [0.5, 0.6) is 0 Å². The SMILES string of the molecule is CCCCCOC(=S)c1ccccc1-c1ccccc1. The molecule has 0 fully saturated rings. The average molecular weight is 284 g/mol. The van der Waals surface area contributed by atoms with Gasteiger partial charge in [0.25, 0.3) is 0 Å². The summed E-state index contributed by atoms with van der Waals surface area (Å²) in [6.45, 7) is 2.89. The first-order valence-electron chi connectivity index (χ1n) is 7.14. The first kappa shape index (κ1) is 14.7. The van der Waals surface area contributed by atoms with Crippen molar-refractivity contribution < 1.29 is 4.74 Å². The van der Waals surface area contributed by atoms with E-state index in [0.717, 1.165) is 17.5 Å². The molecule has 0 spiro atoms. The van der Waals surface area contributed by atoms with E-state index in [-0.39, 0.29) is 0 Å². The second kappa shape index (κ2) is 7.81. The summed E-state index contributed by atoms with van der Waals surface area (Å²) in [5, 5.41) is 0.598. The molecule has 2 rings (SSSR count). The Hall–Kier alpha value is -1.67. The van der Waals surface area contributed by atoms with Crippen LogP contribution in [0.25, 0.3) is 11.1 Å². The average Bonchev–Trinajstić information content (AvgIpc) is 2.52. The van der Waals surface area contributed by atoms with E-state index in [1.165, 1.54) is 18.4 Å². The van der Waals surface area contributed by atoms with Gasteiger partial charge in [0, 0.05) is 5.56 Å². The summed E-state index contributed by atoms with van der Waals surface area (Å²) in [4.78, 5) is 0. The number of benzene rings is 2. The lowest BCUT2D eigenvalue weighted by Gasteiger charge is -2.12. The van der Waals surface area contributed by atoms with Crippen LogP contribution in [0, 0.1) is 0 Å². The Bertz CT molecular complexity index is 548. The van der Waals surface area contributed by atoms with E-state index in [9.17, 15) is 0 Å². The molecular weight excluding hydrogens is 264 g/mol. The molecule has 0 N–H and O–H groups in total. The quantitative estimate of drug-likeness (QED) is 0.530. The summed E-state index contributed by atoms with van der Waals surface area (Å²) in [7, 11) is 0. The highest BCUT2D eigenvalue weighted by Gasteiger charge is 2.09. The molecule has 2 aromatic carbocycles. The van der Waals surface area contributed by atoms with Crippen molar-refractivity contribution in [3.63, 3.8) is 0 Å². The van der Waals surface area contributed by atoms with Crippen LogP contribution in [0.4, 0.5) is 0 Å². The normalized spacial score (nSPS) is 10.2. The highest BCUT2D eigenvalue weighted by Crippen LogP contribution is 2.24. The van der Waals surface area contributed by atoms with E-state index in [0.29, 0.717) is 11.7 Å². The van der Waals surface area contributed by atoms with Crippen LogP contribution in [-0.2, 0) is 4.74 Å². The van der Waals surface area contributed by atoms with E-state index in [2.05, 4.69) is 25.1 Å². The van der Waals surface area contributed by atoms with Gasteiger partial charge in [0.1, 0.15) is 0 Å². The monoisotopic (exact) mass is 284 g/mol. The van der Waals surface area contributed by atoms with Crippen molar-refractivity contribution in [2.45, 2.75) is 26.2 Å². The molecular formula is C18H20OS. The summed E-state index contributed by atoms with van der Waals surface area (Å²) in [6, 6.07) is 18.4. The third-order valence-corrected chi connectivity index (χ3v) is 3.55. The molecule has 0 unspecified atom stereocenters. The van der Waals surface area contributed by atoms with Crippen LogP contribution in [0.2, 0.25) is 0 Å². The van der Waals surface area contributed by atoms with E-state index in [4.69, 9.17) is 17.0 Å². The molecule has 0 aromatic heterocycles. The molecule has 0 saturated carbocycles. The second-order valence-corrected chi connectivity index (χ2v) is 5.13. The van der Waals surface area contributed by atoms with Crippen LogP contribution < -0.4 is 0 Å². The Morgan fingerprint density at radius 1 is 0.950 bits per heavy atom. The topological polar surface area (TPSA) is 9.23 Å². The van der Waals surface area contributed by atoms with Crippen LogP contribution >= 0.6 is 12.2 Å². The Morgan fingerprint density at radius 2 is 1.65 bits per heavy atom. The molecule has 0 radical (unpaired) electrons. The number of hydrogen-bond acceptors (Lipinski definition) is 2. The second-order valence-electron chi connectivity index (χ2n) is 4.75. The smallest absolute Gasteiger partial charge is 0.191 e. The maximum Gasteiger partial charge on any atom is 0.191 e. The van der Waals surface area contributed by atoms with E-state index in [1.807, 2.05) is 36.4 Å². The molecule has 0 atom stereocenters. The van der Waals surface area contributed by atoms with E-state index < -0.39 is 0 Å². The van der Waals surface area contributed by atoms with Gasteiger partial charge in [-0.3, -0.25) is 0 Å². The Labute approximate surface area is 126 Å². The van der Waals surface area contributed by atoms with Gasteiger partial charge in [0.2, 0.25) is 0 Å². The molecule has 0 aliphatic carbocycles. The van der Waals surface area contributed by atoms with Gasteiger partial charge < -0.3 is 4.74 Å². The van der Waals surface area contributed by atoms with Gasteiger partial charge in [-0.05, 0) is 35.8 Å². The fourth-order valence-corrected chi connectivity index (χ4v) is 2.39. The molecule has 0 aliphatic rings. The maximum absolute atomic E-state index is 5.72. The Balaban J connectivity index is 2.14. The standard InChI is InChI=1S/C18H20OS/c1-2-3-9-14-19-18(20)17-13-8-7-12-16(17)15-10-5-4-6-11-15/h4-8,10-13H,2-3,9,14H2,1H3. The minimum atomic E-state index is 0.598. The largest absolute Gasteiger partial charge is 0.483 e. The summed E-state index contributed by atoms with van der Waals surface area (Å²) in [5.74, 6) is 0. The highest BCUT2D eigenvalue weighted by molar-refractivity contribution is 7.80. The van der Waals surface area contributed by atoms with Gasteiger partial charge in [-0.1, -0.05) is 68.3 Å². The van der Waals surface area contributed by atoms with Gasteiger partial charge in [-0.25, -0.2) is 0 Å². The lowest BCUT2D eigenvalue weighted by Crippen LogP contribution is -2.06. The van der Waals surface area contributed by atoms with Gasteiger partial charge in [-0.2, -0.15) is 0 Å². The molecule has 0 heterocycles. The van der Waals surface area contributed by atoms with Crippen LogP contribution in [-0.4, -0.2) is 11.7 Å². The minimum absolute atomic E-state index is 0.598. The molecule has 20 heavy (non-hydrogen) atoms. The summed E-state index contributed by atoms with van der Waals surface area (Å²) in [5.41, 5.74) is 3.31. The number of unbranched alkanes of at least 4 members (excludes halogenated alkanes) is 2. The van der Waals surface area contributed by atoms with Gasteiger partial charge in [0.05, 0.1) is 6.61 Å². The summed E-state index contributed by atoms with van der Waals surface area (Å²) < 4.78 is 5.72. The van der Waals surface area contributed by atoms with Crippen molar-refractivity contribution in [1.29, 1.82) is 0 Å². The minimum Gasteiger partial charge on any atom is -0.483 e. The predicted molar refractivity (Wildman–Crippen MR) is 89.1 cm³/mol. The van der Waals surface area contributed by atoms with Crippen LogP contribution in [0.1, 0.15) is 31.7 Å². The van der Waals surface area contributed by atoms with Gasteiger partial charge >= 0.3 is 0 Å². The lowest BCUT2D eigenvalue weighted by molar-refractivity contribution is 0.302. The van der Waals surface area contributed by atoms with Crippen molar-refractivity contribution in [3.8, 4) is 11.1 Å². The maximum atomic E-state index is 5.72. The summed E-state index contributed by atoms with van der Waals surface area (Å²) >= 11 is 5.44. The van der Waals surface area contributed by atoms with Gasteiger partial charge in [0.15, 0.2) is 5.05 Å². The van der Waals surface area contributed by atoms with Crippen LogP contribution in [0.15, 0.2) is 54.6 Å². The van der Waals surface area contributed by atoms with Crippen molar-refractivity contribution >= 4 is 17.3 Å². The molecule has 0 aliphatic heterocycles. The molecule has 2 heteroatoms. The molecule has 0 saturated heterocycles. The molecule has 0 bridgehead atoms. The van der Waals surface area contributed by atoms with Crippen LogP contribution in [0.3, 0.4) is 0 Å². The highest BCUT2D eigenvalue weighted by atomic mass is 32.1. The number of thiocarbonyl (C=S) groups is 1. The zero-order chi connectivity index (χ0) is 14.2. The Morgan fingerprint density at radius 3 is 2.40 bits per heavy atom. The molecule has 2 aromatic rings. The fraction of sp³-hybridized carbons (Fsp3) is 0.278. The zero-order valence-electron chi connectivity index (χ0n) is 11.8. The number of hydrogen-bond donors (Lipinski definition) is 0.